The minimum Gasteiger partial charge on any atom is -0.368 e. The summed E-state index contributed by atoms with van der Waals surface area (Å²) >= 11 is 7.27. The summed E-state index contributed by atoms with van der Waals surface area (Å²) in [5.74, 6) is 1.22. The van der Waals surface area contributed by atoms with Crippen molar-refractivity contribution in [2.75, 3.05) is 18.4 Å². The van der Waals surface area contributed by atoms with E-state index in [1.54, 1.807) is 24.4 Å². The molecule has 120 valence electrons. The van der Waals surface area contributed by atoms with Crippen molar-refractivity contribution in [2.45, 2.75) is 24.5 Å². The number of nitrogens with zero attached hydrogens (tertiary/aromatic N) is 2. The topological polar surface area (TPSA) is 84.0 Å². The predicted molar refractivity (Wildman–Crippen MR) is 89.2 cm³/mol. The third kappa shape index (κ3) is 4.16. The lowest BCUT2D eigenvalue weighted by molar-refractivity contribution is 0.585. The summed E-state index contributed by atoms with van der Waals surface area (Å²) in [6.07, 6.45) is 0.697. The van der Waals surface area contributed by atoms with Crippen LogP contribution in [0.4, 0.5) is 5.82 Å². The highest BCUT2D eigenvalue weighted by Gasteiger charge is 2.14. The predicted octanol–water partition coefficient (Wildman–Crippen LogP) is 2.45. The molecule has 0 aliphatic carbocycles. The van der Waals surface area contributed by atoms with E-state index >= 15 is 0 Å². The van der Waals surface area contributed by atoms with Crippen LogP contribution in [0, 0.1) is 6.92 Å². The number of halogens is 1. The fraction of sp³-hybridized carbons (Fsp3) is 0.385. The number of aryl methyl sites for hydroxylation is 1. The van der Waals surface area contributed by atoms with Crippen molar-refractivity contribution in [3.8, 4) is 0 Å². The molecule has 0 spiro atoms. The van der Waals surface area contributed by atoms with Gasteiger partial charge >= 0.3 is 0 Å². The van der Waals surface area contributed by atoms with Gasteiger partial charge in [-0.15, -0.1) is 11.3 Å². The zero-order chi connectivity index (χ0) is 16.2. The summed E-state index contributed by atoms with van der Waals surface area (Å²) in [6, 6.07) is 3.28. The average Bonchev–Trinajstić information content (AvgIpc) is 2.98. The molecule has 22 heavy (non-hydrogen) atoms. The number of nitrogens with one attached hydrogen (secondary N) is 2. The Morgan fingerprint density at radius 1 is 1.32 bits per heavy atom. The van der Waals surface area contributed by atoms with E-state index in [2.05, 4.69) is 20.0 Å². The quantitative estimate of drug-likeness (QED) is 0.585. The molecule has 0 fully saturated rings. The van der Waals surface area contributed by atoms with Crippen molar-refractivity contribution in [3.63, 3.8) is 0 Å². The van der Waals surface area contributed by atoms with Gasteiger partial charge in [-0.1, -0.05) is 24.6 Å². The Labute approximate surface area is 139 Å². The monoisotopic (exact) mass is 360 g/mol. The molecule has 0 aliphatic rings. The summed E-state index contributed by atoms with van der Waals surface area (Å²) in [4.78, 5) is 8.42. The number of rotatable bonds is 7. The first-order valence-electron chi connectivity index (χ1n) is 6.74. The number of thiophene rings is 1. The molecule has 0 amide bonds. The summed E-state index contributed by atoms with van der Waals surface area (Å²) in [6.45, 7) is 4.38. The van der Waals surface area contributed by atoms with Crippen LogP contribution in [0.15, 0.2) is 21.7 Å². The molecule has 0 atom stereocenters. The van der Waals surface area contributed by atoms with Gasteiger partial charge in [-0.25, -0.2) is 23.1 Å². The molecule has 0 aromatic carbocycles. The zero-order valence-corrected chi connectivity index (χ0v) is 14.6. The lowest BCUT2D eigenvalue weighted by Crippen LogP contribution is -2.28. The van der Waals surface area contributed by atoms with Gasteiger partial charge in [0.15, 0.2) is 0 Å². The molecule has 0 aliphatic heterocycles. The lowest BCUT2D eigenvalue weighted by Gasteiger charge is -2.12. The first kappa shape index (κ1) is 17.1. The van der Waals surface area contributed by atoms with E-state index < -0.39 is 10.0 Å². The molecule has 0 unspecified atom stereocenters. The second-order valence-electron chi connectivity index (χ2n) is 4.50. The van der Waals surface area contributed by atoms with Crippen LogP contribution < -0.4 is 10.0 Å². The largest absolute Gasteiger partial charge is 0.368 e. The van der Waals surface area contributed by atoms with Gasteiger partial charge in [0.2, 0.25) is 10.0 Å². The fourth-order valence-electron chi connectivity index (χ4n) is 1.87. The number of aromatic nitrogens is 2. The highest BCUT2D eigenvalue weighted by molar-refractivity contribution is 7.91. The Hall–Kier alpha value is -1.22. The van der Waals surface area contributed by atoms with Crippen LogP contribution >= 0.6 is 22.9 Å². The normalized spacial score (nSPS) is 11.6. The van der Waals surface area contributed by atoms with E-state index in [4.69, 9.17) is 11.6 Å². The molecular formula is C13H17ClN4O2S2. The second-order valence-corrected chi connectivity index (χ2v) is 7.80. The van der Waals surface area contributed by atoms with Crippen LogP contribution in [0.5, 0.6) is 0 Å². The maximum Gasteiger partial charge on any atom is 0.250 e. The molecule has 2 N–H and O–H groups in total. The van der Waals surface area contributed by atoms with Crippen LogP contribution in [-0.2, 0) is 16.4 Å². The van der Waals surface area contributed by atoms with E-state index in [1.165, 1.54) is 11.3 Å². The van der Waals surface area contributed by atoms with E-state index in [-0.39, 0.29) is 6.54 Å². The molecule has 0 bridgehead atoms. The van der Waals surface area contributed by atoms with E-state index in [0.717, 1.165) is 5.56 Å². The molecule has 6 nitrogen and oxygen atoms in total. The molecule has 0 saturated carbocycles. The average molecular weight is 361 g/mol. The van der Waals surface area contributed by atoms with Crippen molar-refractivity contribution in [3.05, 3.63) is 34.1 Å². The first-order valence-corrected chi connectivity index (χ1v) is 9.48. The van der Waals surface area contributed by atoms with E-state index in [1.807, 2.05) is 6.92 Å². The summed E-state index contributed by atoms with van der Waals surface area (Å²) < 4.78 is 26.8. The van der Waals surface area contributed by atoms with Crippen LogP contribution in [0.25, 0.3) is 0 Å². The second kappa shape index (κ2) is 7.36. The van der Waals surface area contributed by atoms with E-state index in [9.17, 15) is 8.42 Å². The van der Waals surface area contributed by atoms with Crippen LogP contribution in [0.1, 0.15) is 18.3 Å². The Bertz CT molecular complexity index is 733. The van der Waals surface area contributed by atoms with Crippen molar-refractivity contribution in [2.24, 2.45) is 0 Å². The molecule has 2 rings (SSSR count). The first-order chi connectivity index (χ1) is 10.4. The van der Waals surface area contributed by atoms with E-state index in [0.29, 0.717) is 34.0 Å². The van der Waals surface area contributed by atoms with Gasteiger partial charge in [-0.3, -0.25) is 0 Å². The van der Waals surface area contributed by atoms with Gasteiger partial charge in [-0.2, -0.15) is 0 Å². The molecule has 2 aromatic heterocycles. The smallest absolute Gasteiger partial charge is 0.250 e. The van der Waals surface area contributed by atoms with Crippen molar-refractivity contribution < 1.29 is 8.42 Å². The number of sulfonamides is 1. The highest BCUT2D eigenvalue weighted by Crippen LogP contribution is 2.21. The Morgan fingerprint density at radius 2 is 2.09 bits per heavy atom. The third-order valence-electron chi connectivity index (χ3n) is 2.89. The molecule has 0 saturated heterocycles. The van der Waals surface area contributed by atoms with Crippen LogP contribution in [0.3, 0.4) is 0 Å². The number of hydrogen-bond donors (Lipinski definition) is 2. The Kier molecular flexibility index (Phi) is 5.74. The summed E-state index contributed by atoms with van der Waals surface area (Å²) in [5.41, 5.74) is 0.827. The summed E-state index contributed by atoms with van der Waals surface area (Å²) in [5, 5.41) is 5.26. The minimum absolute atomic E-state index is 0.254. The third-order valence-corrected chi connectivity index (χ3v) is 6.06. The van der Waals surface area contributed by atoms with Gasteiger partial charge in [0, 0.05) is 18.7 Å². The molecule has 9 heteroatoms. The van der Waals surface area contributed by atoms with Gasteiger partial charge in [0.1, 0.15) is 21.0 Å². The summed E-state index contributed by atoms with van der Waals surface area (Å²) in [7, 11) is -3.43. The van der Waals surface area contributed by atoms with Gasteiger partial charge < -0.3 is 5.32 Å². The Balaban J connectivity index is 1.95. The molecule has 0 radical (unpaired) electrons. The molecule has 2 aromatic rings. The van der Waals surface area contributed by atoms with Crippen LogP contribution in [0.2, 0.25) is 5.15 Å². The number of hydrogen-bond acceptors (Lipinski definition) is 6. The standard InChI is InChI=1S/C13H17ClN4O2S2/c1-3-10-12(14)17-9(2)18-13(10)15-6-7-16-22(19,20)11-5-4-8-21-11/h4-5,8,16H,3,6-7H2,1-2H3,(H,15,17,18). The van der Waals surface area contributed by atoms with Gasteiger partial charge in [-0.05, 0) is 24.8 Å². The fourth-order valence-corrected chi connectivity index (χ4v) is 4.29. The molecular weight excluding hydrogens is 344 g/mol. The van der Waals surface area contributed by atoms with Crippen LogP contribution in [-0.4, -0.2) is 31.5 Å². The van der Waals surface area contributed by atoms with Crippen molar-refractivity contribution >= 4 is 38.8 Å². The van der Waals surface area contributed by atoms with Crippen molar-refractivity contribution in [1.82, 2.24) is 14.7 Å². The maximum absolute atomic E-state index is 12.0. The lowest BCUT2D eigenvalue weighted by atomic mass is 10.2. The van der Waals surface area contributed by atoms with Gasteiger partial charge in [0.25, 0.3) is 0 Å². The maximum atomic E-state index is 12.0. The number of anilines is 1. The SMILES string of the molecule is CCc1c(Cl)nc(C)nc1NCCNS(=O)(=O)c1cccs1. The minimum atomic E-state index is -3.43. The molecule has 2 heterocycles. The Morgan fingerprint density at radius 3 is 2.73 bits per heavy atom. The highest BCUT2D eigenvalue weighted by atomic mass is 35.5. The van der Waals surface area contributed by atoms with Crippen molar-refractivity contribution in [1.29, 1.82) is 0 Å². The van der Waals surface area contributed by atoms with Gasteiger partial charge in [0.05, 0.1) is 0 Å². The zero-order valence-electron chi connectivity index (χ0n) is 12.3.